The molecule has 0 bridgehead atoms. The van der Waals surface area contributed by atoms with Crippen LogP contribution in [0.4, 0.5) is 0 Å². The second-order valence-corrected chi connectivity index (χ2v) is 7.75. The first-order valence-corrected chi connectivity index (χ1v) is 10.0. The first kappa shape index (κ1) is 20.6. The molecule has 1 aliphatic rings. The number of carbonyl (C=O) groups excluding carboxylic acids is 1. The van der Waals surface area contributed by atoms with Crippen LogP contribution in [-0.2, 0) is 4.79 Å². The normalized spacial score (nSPS) is 16.5. The lowest BCUT2D eigenvalue weighted by Crippen LogP contribution is -2.48. The molecule has 0 aromatic heterocycles. The van der Waals surface area contributed by atoms with Gasteiger partial charge in [-0.1, -0.05) is 35.9 Å². The average molecular weight is 402 g/mol. The summed E-state index contributed by atoms with van der Waals surface area (Å²) in [5.74, 6) is 0.595. The van der Waals surface area contributed by atoms with Crippen LogP contribution in [0.15, 0.2) is 48.5 Å². The number of carbonyl (C=O) groups is 1. The minimum Gasteiger partial charge on any atom is -0.484 e. The van der Waals surface area contributed by atoms with Crippen molar-refractivity contribution < 1.29 is 9.53 Å². The first-order chi connectivity index (χ1) is 13.5. The van der Waals surface area contributed by atoms with Gasteiger partial charge in [-0.25, -0.2) is 0 Å². The lowest BCUT2D eigenvalue weighted by molar-refractivity contribution is -0.123. The summed E-state index contributed by atoms with van der Waals surface area (Å²) in [7, 11) is 2.14. The number of rotatable bonds is 7. The summed E-state index contributed by atoms with van der Waals surface area (Å²) in [5.41, 5.74) is 2.27. The maximum absolute atomic E-state index is 12.3. The highest BCUT2D eigenvalue weighted by Gasteiger charge is 2.24. The maximum Gasteiger partial charge on any atom is 0.258 e. The molecule has 6 heteroatoms. The number of hydrogen-bond acceptors (Lipinski definition) is 4. The van der Waals surface area contributed by atoms with Crippen molar-refractivity contribution >= 4 is 17.5 Å². The number of ether oxygens (including phenoxy) is 1. The Morgan fingerprint density at radius 3 is 2.54 bits per heavy atom. The van der Waals surface area contributed by atoms with Gasteiger partial charge in [-0.2, -0.15) is 0 Å². The largest absolute Gasteiger partial charge is 0.484 e. The van der Waals surface area contributed by atoms with Crippen molar-refractivity contribution in [3.8, 4) is 5.75 Å². The number of benzene rings is 2. The molecule has 1 unspecified atom stereocenters. The second kappa shape index (κ2) is 9.92. The van der Waals surface area contributed by atoms with Crippen molar-refractivity contribution in [2.24, 2.45) is 0 Å². The predicted octanol–water partition coefficient (Wildman–Crippen LogP) is 3.13. The zero-order valence-corrected chi connectivity index (χ0v) is 17.3. The molecule has 1 aliphatic heterocycles. The minimum absolute atomic E-state index is 0.0134. The third-order valence-corrected chi connectivity index (χ3v) is 5.34. The topological polar surface area (TPSA) is 44.8 Å². The van der Waals surface area contributed by atoms with E-state index in [9.17, 15) is 4.79 Å². The van der Waals surface area contributed by atoms with E-state index in [1.165, 1.54) is 0 Å². The summed E-state index contributed by atoms with van der Waals surface area (Å²) >= 11 is 6.05. The number of aryl methyl sites for hydroxylation is 1. The molecule has 1 amide bonds. The van der Waals surface area contributed by atoms with Gasteiger partial charge in [0.1, 0.15) is 5.75 Å². The molecule has 1 saturated heterocycles. The zero-order chi connectivity index (χ0) is 19.9. The molecule has 2 aromatic rings. The number of hydrogen-bond donors (Lipinski definition) is 1. The standard InChI is InChI=1S/C22H28ClN3O2/c1-17-4-3-5-20(14-17)28-16-22(27)24-15-21(18-6-8-19(23)9-7-18)26-12-10-25(2)11-13-26/h3-9,14,21H,10-13,15-16H2,1-2H3,(H,24,27). The van der Waals surface area contributed by atoms with Gasteiger partial charge in [-0.05, 0) is 49.4 Å². The summed E-state index contributed by atoms with van der Waals surface area (Å²) in [6.45, 7) is 6.54. The quantitative estimate of drug-likeness (QED) is 0.774. The van der Waals surface area contributed by atoms with Crippen LogP contribution in [0.1, 0.15) is 17.2 Å². The van der Waals surface area contributed by atoms with Crippen molar-refractivity contribution in [1.82, 2.24) is 15.1 Å². The summed E-state index contributed by atoms with van der Waals surface area (Å²) in [5, 5.41) is 3.76. The Labute approximate surface area is 172 Å². The lowest BCUT2D eigenvalue weighted by Gasteiger charge is -2.38. The molecule has 3 rings (SSSR count). The van der Waals surface area contributed by atoms with E-state index in [4.69, 9.17) is 16.3 Å². The highest BCUT2D eigenvalue weighted by atomic mass is 35.5. The summed E-state index contributed by atoms with van der Waals surface area (Å²) < 4.78 is 5.61. The van der Waals surface area contributed by atoms with E-state index in [-0.39, 0.29) is 18.6 Å². The highest BCUT2D eigenvalue weighted by molar-refractivity contribution is 6.30. The molecule has 5 nitrogen and oxygen atoms in total. The third-order valence-electron chi connectivity index (χ3n) is 5.09. The smallest absolute Gasteiger partial charge is 0.258 e. The SMILES string of the molecule is Cc1cccc(OCC(=O)NCC(c2ccc(Cl)cc2)N2CCN(C)CC2)c1. The molecule has 1 heterocycles. The monoisotopic (exact) mass is 401 g/mol. The number of likely N-dealkylation sites (N-methyl/N-ethyl adjacent to an activating group) is 1. The Hall–Kier alpha value is -2.08. The molecule has 1 atom stereocenters. The molecule has 1 N–H and O–H groups in total. The van der Waals surface area contributed by atoms with E-state index in [1.807, 2.05) is 55.5 Å². The molecule has 28 heavy (non-hydrogen) atoms. The van der Waals surface area contributed by atoms with Crippen LogP contribution in [-0.4, -0.2) is 62.1 Å². The Balaban J connectivity index is 1.59. The fourth-order valence-corrected chi connectivity index (χ4v) is 3.52. The average Bonchev–Trinajstić information content (AvgIpc) is 2.69. The van der Waals surface area contributed by atoms with Crippen LogP contribution in [0.25, 0.3) is 0 Å². The molecule has 0 radical (unpaired) electrons. The number of piperazine rings is 1. The van der Waals surface area contributed by atoms with Crippen molar-refractivity contribution in [2.45, 2.75) is 13.0 Å². The van der Waals surface area contributed by atoms with Gasteiger partial charge in [0.2, 0.25) is 0 Å². The van der Waals surface area contributed by atoms with E-state index in [0.717, 1.165) is 42.3 Å². The van der Waals surface area contributed by atoms with Gasteiger partial charge >= 0.3 is 0 Å². The highest BCUT2D eigenvalue weighted by Crippen LogP contribution is 2.23. The lowest BCUT2D eigenvalue weighted by atomic mass is 10.0. The van der Waals surface area contributed by atoms with E-state index in [1.54, 1.807) is 0 Å². The number of nitrogens with one attached hydrogen (secondary N) is 1. The zero-order valence-electron chi connectivity index (χ0n) is 16.5. The van der Waals surface area contributed by atoms with E-state index in [0.29, 0.717) is 12.3 Å². The molecule has 1 fully saturated rings. The summed E-state index contributed by atoms with van der Waals surface area (Å²) in [6, 6.07) is 15.7. The molecular weight excluding hydrogens is 374 g/mol. The van der Waals surface area contributed by atoms with Crippen LogP contribution in [0.3, 0.4) is 0 Å². The van der Waals surface area contributed by atoms with E-state index in [2.05, 4.69) is 22.2 Å². The third kappa shape index (κ3) is 5.96. The Kier molecular flexibility index (Phi) is 7.31. The summed E-state index contributed by atoms with van der Waals surface area (Å²) in [4.78, 5) is 17.1. The molecule has 2 aromatic carbocycles. The summed E-state index contributed by atoms with van der Waals surface area (Å²) in [6.07, 6.45) is 0. The van der Waals surface area contributed by atoms with E-state index >= 15 is 0 Å². The molecule has 0 aliphatic carbocycles. The second-order valence-electron chi connectivity index (χ2n) is 7.32. The van der Waals surface area contributed by atoms with Crippen molar-refractivity contribution in [3.05, 3.63) is 64.7 Å². The van der Waals surface area contributed by atoms with Crippen LogP contribution in [0.2, 0.25) is 5.02 Å². The van der Waals surface area contributed by atoms with Crippen LogP contribution in [0, 0.1) is 6.92 Å². The Bertz CT molecular complexity index is 774. The van der Waals surface area contributed by atoms with Crippen molar-refractivity contribution in [1.29, 1.82) is 0 Å². The van der Waals surface area contributed by atoms with Crippen LogP contribution >= 0.6 is 11.6 Å². The first-order valence-electron chi connectivity index (χ1n) is 9.65. The Morgan fingerprint density at radius 2 is 1.86 bits per heavy atom. The van der Waals surface area contributed by atoms with Gasteiger partial charge in [-0.3, -0.25) is 9.69 Å². The van der Waals surface area contributed by atoms with Crippen molar-refractivity contribution in [2.75, 3.05) is 46.4 Å². The van der Waals surface area contributed by atoms with Gasteiger partial charge in [0.05, 0.1) is 6.04 Å². The maximum atomic E-state index is 12.3. The molecule has 0 saturated carbocycles. The Morgan fingerprint density at radius 1 is 1.14 bits per heavy atom. The van der Waals surface area contributed by atoms with E-state index < -0.39 is 0 Å². The fraction of sp³-hybridized carbons (Fsp3) is 0.409. The van der Waals surface area contributed by atoms with Gasteiger partial charge in [0.15, 0.2) is 6.61 Å². The van der Waals surface area contributed by atoms with Crippen LogP contribution in [0.5, 0.6) is 5.75 Å². The number of nitrogens with zero attached hydrogens (tertiary/aromatic N) is 2. The van der Waals surface area contributed by atoms with Crippen molar-refractivity contribution in [3.63, 3.8) is 0 Å². The predicted molar refractivity (Wildman–Crippen MR) is 113 cm³/mol. The molecule has 150 valence electrons. The van der Waals surface area contributed by atoms with Crippen LogP contribution < -0.4 is 10.1 Å². The number of amides is 1. The van der Waals surface area contributed by atoms with Gasteiger partial charge < -0.3 is 15.0 Å². The number of halogens is 1. The molecular formula is C22H28ClN3O2. The van der Waals surface area contributed by atoms with Gasteiger partial charge in [0, 0.05) is 37.7 Å². The fourth-order valence-electron chi connectivity index (χ4n) is 3.39. The van der Waals surface area contributed by atoms with Gasteiger partial charge in [-0.15, -0.1) is 0 Å². The van der Waals surface area contributed by atoms with Gasteiger partial charge in [0.25, 0.3) is 5.91 Å². The minimum atomic E-state index is -0.116. The molecule has 0 spiro atoms.